The third kappa shape index (κ3) is 4.39. The van der Waals surface area contributed by atoms with E-state index in [2.05, 4.69) is 4.72 Å². The molecule has 172 valence electrons. The van der Waals surface area contributed by atoms with Crippen LogP contribution in [0.4, 0.5) is 11.4 Å². The second-order valence-corrected chi connectivity index (χ2v) is 12.1. The van der Waals surface area contributed by atoms with Crippen molar-refractivity contribution in [3.63, 3.8) is 0 Å². The van der Waals surface area contributed by atoms with E-state index in [0.29, 0.717) is 32.0 Å². The first-order chi connectivity index (χ1) is 15.1. The summed E-state index contributed by atoms with van der Waals surface area (Å²) >= 11 is 0. The van der Waals surface area contributed by atoms with Crippen molar-refractivity contribution < 1.29 is 21.6 Å². The first-order valence-corrected chi connectivity index (χ1v) is 13.5. The molecule has 1 fully saturated rings. The highest BCUT2D eigenvalue weighted by atomic mass is 32.2. The molecule has 0 radical (unpaired) electrons. The molecule has 8 nitrogen and oxygen atoms in total. The average Bonchev–Trinajstić information content (AvgIpc) is 3.17. The number of anilines is 2. The summed E-state index contributed by atoms with van der Waals surface area (Å²) in [5, 5.41) is 0. The van der Waals surface area contributed by atoms with Gasteiger partial charge in [0.2, 0.25) is 15.9 Å². The van der Waals surface area contributed by atoms with Gasteiger partial charge in [0.25, 0.3) is 10.0 Å². The lowest BCUT2D eigenvalue weighted by molar-refractivity contribution is -0.116. The molecule has 32 heavy (non-hydrogen) atoms. The van der Waals surface area contributed by atoms with Crippen molar-refractivity contribution in [2.75, 3.05) is 29.3 Å². The summed E-state index contributed by atoms with van der Waals surface area (Å²) in [4.78, 5) is 13.6. The monoisotopic (exact) mass is 477 g/mol. The first kappa shape index (κ1) is 22.8. The van der Waals surface area contributed by atoms with Gasteiger partial charge in [0.15, 0.2) is 0 Å². The quantitative estimate of drug-likeness (QED) is 0.713. The molecule has 2 heterocycles. The summed E-state index contributed by atoms with van der Waals surface area (Å²) < 4.78 is 55.5. The molecule has 1 atom stereocenters. The fraction of sp³-hybridized carbons (Fsp3) is 0.409. The molecule has 2 aromatic carbocycles. The zero-order chi connectivity index (χ0) is 23.1. The number of sulfonamides is 2. The number of piperidine rings is 1. The van der Waals surface area contributed by atoms with Crippen molar-refractivity contribution in [3.05, 3.63) is 48.0 Å². The van der Waals surface area contributed by atoms with Crippen LogP contribution in [0.1, 0.15) is 32.3 Å². The third-order valence-corrected chi connectivity index (χ3v) is 9.26. The van der Waals surface area contributed by atoms with E-state index in [1.165, 1.54) is 41.6 Å². The molecule has 2 aliphatic heterocycles. The van der Waals surface area contributed by atoms with E-state index in [4.69, 9.17) is 0 Å². The van der Waals surface area contributed by atoms with E-state index in [9.17, 15) is 21.6 Å². The van der Waals surface area contributed by atoms with Crippen LogP contribution in [0.5, 0.6) is 0 Å². The lowest BCUT2D eigenvalue weighted by Crippen LogP contribution is -2.39. The van der Waals surface area contributed by atoms with Gasteiger partial charge in [-0.3, -0.25) is 9.52 Å². The van der Waals surface area contributed by atoms with E-state index >= 15 is 0 Å². The molecule has 0 saturated carbocycles. The third-order valence-electron chi connectivity index (χ3n) is 6.00. The molecule has 1 amide bonds. The minimum absolute atomic E-state index is 0.0773. The Labute approximate surface area is 189 Å². The number of hydrogen-bond donors (Lipinski definition) is 1. The van der Waals surface area contributed by atoms with Gasteiger partial charge >= 0.3 is 0 Å². The van der Waals surface area contributed by atoms with Crippen LogP contribution in [0, 0.1) is 5.92 Å². The Morgan fingerprint density at radius 1 is 1.00 bits per heavy atom. The van der Waals surface area contributed by atoms with Crippen molar-refractivity contribution >= 4 is 37.3 Å². The minimum atomic E-state index is -3.86. The number of amides is 1. The summed E-state index contributed by atoms with van der Waals surface area (Å²) in [5.41, 5.74) is 1.82. The lowest BCUT2D eigenvalue weighted by atomic mass is 10.0. The zero-order valence-electron chi connectivity index (χ0n) is 18.1. The maximum Gasteiger partial charge on any atom is 0.261 e. The standard InChI is InChI=1S/C22H27N3O5S2/c1-16-4-3-12-24(15-16)32(29,30)20-7-5-19(6-8-20)23-31(27,28)21-9-10-22-18(14-21)11-13-25(22)17(2)26/h5-10,14,16,23H,3-4,11-13,15H2,1-2H3. The van der Waals surface area contributed by atoms with Crippen molar-refractivity contribution in [3.8, 4) is 0 Å². The van der Waals surface area contributed by atoms with Gasteiger partial charge in [0.05, 0.1) is 9.79 Å². The molecule has 1 N–H and O–H groups in total. The SMILES string of the molecule is CC(=O)N1CCc2cc(S(=O)(=O)Nc3ccc(S(=O)(=O)N4CCCC(C)C4)cc3)ccc21. The fourth-order valence-electron chi connectivity index (χ4n) is 4.30. The second-order valence-electron chi connectivity index (χ2n) is 8.45. The van der Waals surface area contributed by atoms with Crippen LogP contribution in [0.15, 0.2) is 52.3 Å². The highest BCUT2D eigenvalue weighted by Gasteiger charge is 2.29. The molecule has 0 spiro atoms. The Balaban J connectivity index is 1.51. The molecular weight excluding hydrogens is 450 g/mol. The number of nitrogens with one attached hydrogen (secondary N) is 1. The van der Waals surface area contributed by atoms with Crippen LogP contribution in [0.25, 0.3) is 0 Å². The van der Waals surface area contributed by atoms with Crippen LogP contribution in [0.3, 0.4) is 0 Å². The van der Waals surface area contributed by atoms with Crippen molar-refractivity contribution in [2.45, 2.75) is 42.9 Å². The van der Waals surface area contributed by atoms with Crippen molar-refractivity contribution in [2.24, 2.45) is 5.92 Å². The molecule has 10 heteroatoms. The Hall–Kier alpha value is -2.43. The largest absolute Gasteiger partial charge is 0.312 e. The van der Waals surface area contributed by atoms with E-state index in [1.807, 2.05) is 6.92 Å². The molecule has 0 aromatic heterocycles. The summed E-state index contributed by atoms with van der Waals surface area (Å²) in [6.07, 6.45) is 2.45. The molecule has 1 saturated heterocycles. The maximum atomic E-state index is 12.9. The summed E-state index contributed by atoms with van der Waals surface area (Å²) in [6, 6.07) is 10.5. The minimum Gasteiger partial charge on any atom is -0.312 e. The second kappa shape index (κ2) is 8.49. The number of hydrogen-bond acceptors (Lipinski definition) is 5. The molecule has 2 aliphatic rings. The van der Waals surface area contributed by atoms with Gasteiger partial charge in [-0.1, -0.05) is 6.92 Å². The van der Waals surface area contributed by atoms with E-state index < -0.39 is 20.0 Å². The molecule has 4 rings (SSSR count). The van der Waals surface area contributed by atoms with Gasteiger partial charge in [-0.15, -0.1) is 0 Å². The number of benzene rings is 2. The zero-order valence-corrected chi connectivity index (χ0v) is 19.7. The molecule has 0 aliphatic carbocycles. The number of rotatable bonds is 5. The molecule has 0 bridgehead atoms. The fourth-order valence-corrected chi connectivity index (χ4v) is 7.00. The number of fused-ring (bicyclic) bond motifs is 1. The highest BCUT2D eigenvalue weighted by Crippen LogP contribution is 2.31. The topological polar surface area (TPSA) is 104 Å². The van der Waals surface area contributed by atoms with Crippen LogP contribution in [-0.2, 0) is 31.3 Å². The summed E-state index contributed by atoms with van der Waals surface area (Å²) in [6.45, 7) is 5.05. The van der Waals surface area contributed by atoms with E-state index in [1.54, 1.807) is 17.0 Å². The molecule has 1 unspecified atom stereocenters. The van der Waals surface area contributed by atoms with Gasteiger partial charge in [0.1, 0.15) is 0 Å². The van der Waals surface area contributed by atoms with Crippen LogP contribution in [-0.4, -0.2) is 46.7 Å². The predicted octanol–water partition coefficient (Wildman–Crippen LogP) is 2.82. The van der Waals surface area contributed by atoms with Crippen molar-refractivity contribution in [1.29, 1.82) is 0 Å². The van der Waals surface area contributed by atoms with E-state index in [0.717, 1.165) is 24.1 Å². The van der Waals surface area contributed by atoms with Gasteiger partial charge in [-0.05, 0) is 73.2 Å². The Kier molecular flexibility index (Phi) is 6.04. The summed E-state index contributed by atoms with van der Waals surface area (Å²) in [7, 11) is -7.46. The van der Waals surface area contributed by atoms with Gasteiger partial charge in [0, 0.05) is 37.9 Å². The average molecular weight is 478 g/mol. The number of nitrogens with zero attached hydrogens (tertiary/aromatic N) is 2. The normalized spacial score (nSPS) is 19.6. The van der Waals surface area contributed by atoms with Gasteiger partial charge < -0.3 is 4.90 Å². The van der Waals surface area contributed by atoms with Crippen LogP contribution >= 0.6 is 0 Å². The van der Waals surface area contributed by atoms with Gasteiger partial charge in [-0.2, -0.15) is 4.31 Å². The van der Waals surface area contributed by atoms with Crippen molar-refractivity contribution in [1.82, 2.24) is 4.31 Å². The Morgan fingerprint density at radius 2 is 1.69 bits per heavy atom. The summed E-state index contributed by atoms with van der Waals surface area (Å²) in [5.74, 6) is 0.242. The van der Waals surface area contributed by atoms with Gasteiger partial charge in [-0.25, -0.2) is 16.8 Å². The molecule has 2 aromatic rings. The number of carbonyl (C=O) groups excluding carboxylic acids is 1. The Bertz CT molecular complexity index is 1240. The van der Waals surface area contributed by atoms with E-state index in [-0.39, 0.29) is 21.4 Å². The number of carbonyl (C=O) groups is 1. The maximum absolute atomic E-state index is 12.9. The lowest BCUT2D eigenvalue weighted by Gasteiger charge is -2.30. The Morgan fingerprint density at radius 3 is 2.34 bits per heavy atom. The highest BCUT2D eigenvalue weighted by molar-refractivity contribution is 7.92. The smallest absolute Gasteiger partial charge is 0.261 e. The van der Waals surface area contributed by atoms with Crippen LogP contribution in [0.2, 0.25) is 0 Å². The predicted molar refractivity (Wildman–Crippen MR) is 123 cm³/mol. The molecular formula is C22H27N3O5S2. The first-order valence-electron chi connectivity index (χ1n) is 10.6. The van der Waals surface area contributed by atoms with Crippen LogP contribution < -0.4 is 9.62 Å².